The van der Waals surface area contributed by atoms with Crippen LogP contribution in [-0.4, -0.2) is 5.84 Å². The number of aliphatic imine (C=N–C) groups is 1. The molecular formula is C13H15F3N2. The third kappa shape index (κ3) is 2.83. The fourth-order valence-electron chi connectivity index (χ4n) is 2.23. The van der Waals surface area contributed by atoms with Crippen LogP contribution in [0.25, 0.3) is 0 Å². The average Bonchev–Trinajstić information content (AvgIpc) is 2.37. The molecule has 2 nitrogen and oxygen atoms in total. The Bertz CT molecular complexity index is 466. The Morgan fingerprint density at radius 1 is 1.00 bits per heavy atom. The molecule has 1 aliphatic carbocycles. The predicted octanol–water partition coefficient (Wildman–Crippen LogP) is 3.67. The Labute approximate surface area is 104 Å². The molecule has 0 radical (unpaired) electrons. The topological polar surface area (TPSA) is 38.4 Å². The molecule has 1 aromatic carbocycles. The second kappa shape index (κ2) is 5.42. The summed E-state index contributed by atoms with van der Waals surface area (Å²) < 4.78 is 39.1. The molecule has 1 aromatic rings. The van der Waals surface area contributed by atoms with Crippen molar-refractivity contribution >= 4 is 11.5 Å². The fraction of sp³-hybridized carbons (Fsp3) is 0.462. The van der Waals surface area contributed by atoms with Crippen LogP contribution < -0.4 is 5.73 Å². The van der Waals surface area contributed by atoms with Crippen LogP contribution in [0.15, 0.2) is 17.1 Å². The van der Waals surface area contributed by atoms with E-state index in [1.54, 1.807) is 0 Å². The van der Waals surface area contributed by atoms with Crippen molar-refractivity contribution in [1.82, 2.24) is 0 Å². The van der Waals surface area contributed by atoms with Gasteiger partial charge in [0.1, 0.15) is 11.5 Å². The largest absolute Gasteiger partial charge is 0.387 e. The first-order valence-corrected chi connectivity index (χ1v) is 6.06. The number of amidine groups is 1. The van der Waals surface area contributed by atoms with Crippen molar-refractivity contribution in [3.63, 3.8) is 0 Å². The highest BCUT2D eigenvalue weighted by Gasteiger charge is 2.18. The number of hydrogen-bond donors (Lipinski definition) is 1. The smallest absolute Gasteiger partial charge is 0.161 e. The minimum Gasteiger partial charge on any atom is -0.387 e. The summed E-state index contributed by atoms with van der Waals surface area (Å²) >= 11 is 0. The first-order chi connectivity index (χ1) is 8.58. The molecule has 1 saturated carbocycles. The average molecular weight is 256 g/mol. The van der Waals surface area contributed by atoms with Gasteiger partial charge in [-0.05, 0) is 12.8 Å². The number of nitrogens with zero attached hydrogens (tertiary/aromatic N) is 1. The fourth-order valence-corrected chi connectivity index (χ4v) is 2.23. The molecule has 2 rings (SSSR count). The molecule has 0 unspecified atom stereocenters. The summed E-state index contributed by atoms with van der Waals surface area (Å²) in [5.74, 6) is -2.81. The van der Waals surface area contributed by atoms with E-state index in [2.05, 4.69) is 4.99 Å². The van der Waals surface area contributed by atoms with Crippen LogP contribution in [0, 0.1) is 23.4 Å². The normalized spacial score (nSPS) is 18.1. The van der Waals surface area contributed by atoms with Gasteiger partial charge in [-0.25, -0.2) is 18.2 Å². The zero-order valence-electron chi connectivity index (χ0n) is 9.93. The zero-order chi connectivity index (χ0) is 13.1. The van der Waals surface area contributed by atoms with E-state index in [9.17, 15) is 13.2 Å². The van der Waals surface area contributed by atoms with Gasteiger partial charge >= 0.3 is 0 Å². The number of nitrogens with two attached hydrogens (primary N) is 1. The van der Waals surface area contributed by atoms with Crippen molar-refractivity contribution in [2.45, 2.75) is 32.1 Å². The van der Waals surface area contributed by atoms with Gasteiger partial charge in [0.15, 0.2) is 17.5 Å². The molecule has 0 bridgehead atoms. The summed E-state index contributed by atoms with van der Waals surface area (Å²) in [7, 11) is 0. The van der Waals surface area contributed by atoms with Crippen LogP contribution in [0.4, 0.5) is 18.9 Å². The van der Waals surface area contributed by atoms with Crippen molar-refractivity contribution in [2.75, 3.05) is 0 Å². The maximum absolute atomic E-state index is 13.4. The summed E-state index contributed by atoms with van der Waals surface area (Å²) in [5, 5.41) is 0. The van der Waals surface area contributed by atoms with Gasteiger partial charge < -0.3 is 5.73 Å². The molecule has 2 N–H and O–H groups in total. The number of hydrogen-bond acceptors (Lipinski definition) is 1. The van der Waals surface area contributed by atoms with Gasteiger partial charge in [-0.2, -0.15) is 0 Å². The minimum absolute atomic E-state index is 0.117. The third-order valence-electron chi connectivity index (χ3n) is 3.26. The summed E-state index contributed by atoms with van der Waals surface area (Å²) in [6.07, 6.45) is 5.15. The first-order valence-electron chi connectivity index (χ1n) is 6.06. The third-order valence-corrected chi connectivity index (χ3v) is 3.26. The van der Waals surface area contributed by atoms with Crippen molar-refractivity contribution in [3.05, 3.63) is 29.6 Å². The molecule has 1 aliphatic rings. The van der Waals surface area contributed by atoms with Crippen molar-refractivity contribution in [3.8, 4) is 0 Å². The van der Waals surface area contributed by atoms with Crippen LogP contribution in [0.1, 0.15) is 32.1 Å². The summed E-state index contributed by atoms with van der Waals surface area (Å²) in [6, 6.07) is 1.22. The van der Waals surface area contributed by atoms with E-state index in [0.717, 1.165) is 31.7 Å². The maximum Gasteiger partial charge on any atom is 0.161 e. The summed E-state index contributed by atoms with van der Waals surface area (Å²) in [6.45, 7) is 0. The van der Waals surface area contributed by atoms with Crippen LogP contribution in [0.5, 0.6) is 0 Å². The van der Waals surface area contributed by atoms with E-state index in [-0.39, 0.29) is 11.6 Å². The van der Waals surface area contributed by atoms with Crippen molar-refractivity contribution in [1.29, 1.82) is 0 Å². The monoisotopic (exact) mass is 256 g/mol. The van der Waals surface area contributed by atoms with Gasteiger partial charge in [-0.15, -0.1) is 0 Å². The molecule has 0 amide bonds. The van der Waals surface area contributed by atoms with Crippen molar-refractivity contribution < 1.29 is 13.2 Å². The summed E-state index contributed by atoms with van der Waals surface area (Å²) in [4.78, 5) is 3.90. The van der Waals surface area contributed by atoms with E-state index < -0.39 is 17.5 Å². The SMILES string of the molecule is NC(=Nc1cc(F)c(F)cc1F)C1CCCCC1. The molecule has 0 heterocycles. The maximum atomic E-state index is 13.4. The lowest BCUT2D eigenvalue weighted by molar-refractivity contribution is 0.437. The zero-order valence-corrected chi connectivity index (χ0v) is 9.93. The van der Waals surface area contributed by atoms with Crippen LogP contribution in [-0.2, 0) is 0 Å². The second-order valence-electron chi connectivity index (χ2n) is 4.59. The van der Waals surface area contributed by atoms with Crippen LogP contribution >= 0.6 is 0 Å². The minimum atomic E-state index is -1.22. The molecule has 0 aromatic heterocycles. The first kappa shape index (κ1) is 12.9. The number of rotatable bonds is 2. The molecule has 5 heteroatoms. The molecule has 18 heavy (non-hydrogen) atoms. The Morgan fingerprint density at radius 3 is 2.28 bits per heavy atom. The van der Waals surface area contributed by atoms with Gasteiger partial charge in [0.05, 0.1) is 0 Å². The van der Waals surface area contributed by atoms with E-state index in [0.29, 0.717) is 11.9 Å². The molecule has 1 fully saturated rings. The van der Waals surface area contributed by atoms with Gasteiger partial charge in [-0.1, -0.05) is 19.3 Å². The highest BCUT2D eigenvalue weighted by molar-refractivity contribution is 5.85. The number of halogens is 3. The predicted molar refractivity (Wildman–Crippen MR) is 64.2 cm³/mol. The highest BCUT2D eigenvalue weighted by Crippen LogP contribution is 2.26. The molecule has 98 valence electrons. The summed E-state index contributed by atoms with van der Waals surface area (Å²) in [5.41, 5.74) is 5.57. The van der Waals surface area contributed by atoms with Crippen LogP contribution in [0.2, 0.25) is 0 Å². The Hall–Kier alpha value is -1.52. The highest BCUT2D eigenvalue weighted by atomic mass is 19.2. The molecule has 0 spiro atoms. The van der Waals surface area contributed by atoms with E-state index in [1.807, 2.05) is 0 Å². The Balaban J connectivity index is 2.23. The lowest BCUT2D eigenvalue weighted by atomic mass is 9.88. The molecule has 0 atom stereocenters. The Morgan fingerprint density at radius 2 is 1.61 bits per heavy atom. The molecule has 0 aliphatic heterocycles. The Kier molecular flexibility index (Phi) is 3.89. The quantitative estimate of drug-likeness (QED) is 0.489. The molecular weight excluding hydrogens is 241 g/mol. The molecule has 0 saturated heterocycles. The van der Waals surface area contributed by atoms with Crippen molar-refractivity contribution in [2.24, 2.45) is 16.6 Å². The van der Waals surface area contributed by atoms with Gasteiger partial charge in [0, 0.05) is 18.1 Å². The second-order valence-corrected chi connectivity index (χ2v) is 4.59. The van der Waals surface area contributed by atoms with E-state index in [4.69, 9.17) is 5.73 Å². The van der Waals surface area contributed by atoms with Gasteiger partial charge in [0.25, 0.3) is 0 Å². The lowest BCUT2D eigenvalue weighted by Gasteiger charge is -2.20. The van der Waals surface area contributed by atoms with E-state index >= 15 is 0 Å². The number of benzene rings is 1. The van der Waals surface area contributed by atoms with Gasteiger partial charge in [-0.3, -0.25) is 0 Å². The van der Waals surface area contributed by atoms with Gasteiger partial charge in [0.2, 0.25) is 0 Å². The standard InChI is InChI=1S/C13H15F3N2/c14-9-6-11(16)12(7-10(9)15)18-13(17)8-4-2-1-3-5-8/h6-8H,1-5H2,(H2,17,18). The lowest BCUT2D eigenvalue weighted by Crippen LogP contribution is -2.25. The van der Waals surface area contributed by atoms with Crippen LogP contribution in [0.3, 0.4) is 0 Å². The van der Waals surface area contributed by atoms with E-state index in [1.165, 1.54) is 6.42 Å².